The third kappa shape index (κ3) is 4.72. The number of hydrogen-bond acceptors (Lipinski definition) is 6. The summed E-state index contributed by atoms with van der Waals surface area (Å²) in [7, 11) is 0. The molecule has 0 unspecified atom stereocenters. The molecule has 0 atom stereocenters. The number of hydrogen-bond donors (Lipinski definition) is 0. The van der Waals surface area contributed by atoms with Gasteiger partial charge in [0, 0.05) is 51.0 Å². The van der Waals surface area contributed by atoms with Crippen LogP contribution in [-0.4, -0.2) is 52.7 Å². The lowest BCUT2D eigenvalue weighted by Gasteiger charge is -2.37. The molecular formula is C22H26N4O3. The Morgan fingerprint density at radius 3 is 2.41 bits per heavy atom. The first-order chi connectivity index (χ1) is 14.1. The van der Waals surface area contributed by atoms with E-state index in [9.17, 15) is 9.59 Å². The zero-order valence-electron chi connectivity index (χ0n) is 16.7. The van der Waals surface area contributed by atoms with Crippen molar-refractivity contribution >= 4 is 17.5 Å². The van der Waals surface area contributed by atoms with Gasteiger partial charge in [-0.15, -0.1) is 0 Å². The van der Waals surface area contributed by atoms with Crippen LogP contribution in [0.15, 0.2) is 36.4 Å². The number of anilines is 1. The van der Waals surface area contributed by atoms with Crippen molar-refractivity contribution in [2.45, 2.75) is 32.6 Å². The molecule has 0 N–H and O–H groups in total. The molecule has 1 aromatic heterocycles. The molecule has 1 aliphatic heterocycles. The van der Waals surface area contributed by atoms with E-state index in [2.05, 4.69) is 14.9 Å². The number of aryl methyl sites for hydroxylation is 1. The highest BCUT2D eigenvalue weighted by molar-refractivity contribution is 5.84. The number of carbonyl (C=O) groups excluding carboxylic acids is 2. The van der Waals surface area contributed by atoms with Crippen molar-refractivity contribution in [2.24, 2.45) is 5.92 Å². The summed E-state index contributed by atoms with van der Waals surface area (Å²) < 4.78 is 5.87. The highest BCUT2D eigenvalue weighted by atomic mass is 16.5. The first-order valence-corrected chi connectivity index (χ1v) is 10.2. The predicted molar refractivity (Wildman–Crippen MR) is 109 cm³/mol. The minimum atomic E-state index is 0.00594. The molecule has 2 aliphatic rings. The summed E-state index contributed by atoms with van der Waals surface area (Å²) in [6, 6.07) is 11.4. The van der Waals surface area contributed by atoms with Gasteiger partial charge in [0.05, 0.1) is 0 Å². The van der Waals surface area contributed by atoms with Crippen LogP contribution in [0.1, 0.15) is 31.5 Å². The van der Waals surface area contributed by atoms with Crippen LogP contribution < -0.4 is 9.64 Å². The normalized spacial score (nSPS) is 18.0. The smallest absolute Gasteiger partial charge is 0.225 e. The average molecular weight is 394 g/mol. The minimum Gasteiger partial charge on any atom is -0.439 e. The average Bonchev–Trinajstić information content (AvgIpc) is 2.74. The lowest BCUT2D eigenvalue weighted by Crippen LogP contribution is -2.51. The summed E-state index contributed by atoms with van der Waals surface area (Å²) in [5.74, 6) is 3.21. The molecule has 2 aromatic rings. The summed E-state index contributed by atoms with van der Waals surface area (Å²) in [6.45, 7) is 4.63. The number of para-hydroxylation sites is 1. The quantitative estimate of drug-likeness (QED) is 0.794. The maximum absolute atomic E-state index is 12.8. The fraction of sp³-hybridized carbons (Fsp3) is 0.455. The zero-order chi connectivity index (χ0) is 20.2. The lowest BCUT2D eigenvalue weighted by atomic mass is 9.87. The van der Waals surface area contributed by atoms with E-state index in [0.717, 1.165) is 24.7 Å². The Morgan fingerprint density at radius 2 is 1.72 bits per heavy atom. The van der Waals surface area contributed by atoms with Crippen molar-refractivity contribution in [3.63, 3.8) is 0 Å². The number of Topliss-reactive ketones (excluding diaryl/α,β-unsaturated/α-hetero) is 1. The largest absolute Gasteiger partial charge is 0.439 e. The number of nitrogens with zero attached hydrogens (tertiary/aromatic N) is 4. The third-order valence-electron chi connectivity index (χ3n) is 5.57. The second kappa shape index (κ2) is 8.59. The Hall–Kier alpha value is -2.96. The lowest BCUT2D eigenvalue weighted by molar-refractivity contribution is -0.137. The standard InChI is InChI=1S/C22H26N4O3/c1-16-23-20(15-21(24-16)29-19-5-3-2-4-6-19)25-11-13-26(14-12-25)22(28)17-7-9-18(27)10-8-17/h2-6,15,17H,7-14H2,1H3. The maximum atomic E-state index is 12.8. The first-order valence-electron chi connectivity index (χ1n) is 10.2. The second-order valence-corrected chi connectivity index (χ2v) is 7.65. The Balaban J connectivity index is 1.38. The van der Waals surface area contributed by atoms with E-state index < -0.39 is 0 Å². The molecular weight excluding hydrogens is 368 g/mol. The molecule has 4 rings (SSSR count). The van der Waals surface area contributed by atoms with Crippen LogP contribution in [0.5, 0.6) is 11.6 Å². The maximum Gasteiger partial charge on any atom is 0.225 e. The Labute approximate surface area is 170 Å². The van der Waals surface area contributed by atoms with Crippen molar-refractivity contribution in [3.05, 3.63) is 42.2 Å². The van der Waals surface area contributed by atoms with Crippen LogP contribution >= 0.6 is 0 Å². The summed E-state index contributed by atoms with van der Waals surface area (Å²) in [5, 5.41) is 0. The molecule has 29 heavy (non-hydrogen) atoms. The van der Waals surface area contributed by atoms with E-state index in [0.29, 0.717) is 50.5 Å². The van der Waals surface area contributed by atoms with Crippen LogP contribution in [-0.2, 0) is 9.59 Å². The number of aromatic nitrogens is 2. The highest BCUT2D eigenvalue weighted by Gasteiger charge is 2.30. The van der Waals surface area contributed by atoms with Crippen molar-refractivity contribution in [3.8, 4) is 11.6 Å². The molecule has 1 saturated heterocycles. The van der Waals surface area contributed by atoms with E-state index in [-0.39, 0.29) is 17.6 Å². The van der Waals surface area contributed by atoms with Gasteiger partial charge < -0.3 is 14.5 Å². The van der Waals surface area contributed by atoms with E-state index in [1.807, 2.05) is 48.2 Å². The fourth-order valence-corrected chi connectivity index (χ4v) is 3.95. The van der Waals surface area contributed by atoms with Gasteiger partial charge in [-0.05, 0) is 31.9 Å². The number of ether oxygens (including phenoxy) is 1. The molecule has 2 heterocycles. The Bertz CT molecular complexity index is 869. The molecule has 0 radical (unpaired) electrons. The molecule has 152 valence electrons. The molecule has 1 aromatic carbocycles. The van der Waals surface area contributed by atoms with Gasteiger partial charge in [0.2, 0.25) is 11.8 Å². The summed E-state index contributed by atoms with van der Waals surface area (Å²) in [5.41, 5.74) is 0. The number of rotatable bonds is 4. The molecule has 0 bridgehead atoms. The van der Waals surface area contributed by atoms with E-state index in [4.69, 9.17) is 4.74 Å². The van der Waals surface area contributed by atoms with Crippen LogP contribution in [0.25, 0.3) is 0 Å². The van der Waals surface area contributed by atoms with E-state index >= 15 is 0 Å². The molecule has 7 heteroatoms. The van der Waals surface area contributed by atoms with Crippen LogP contribution in [0, 0.1) is 12.8 Å². The van der Waals surface area contributed by atoms with Gasteiger partial charge in [0.15, 0.2) is 0 Å². The number of amides is 1. The van der Waals surface area contributed by atoms with Crippen molar-refractivity contribution in [2.75, 3.05) is 31.1 Å². The summed E-state index contributed by atoms with van der Waals surface area (Å²) >= 11 is 0. The summed E-state index contributed by atoms with van der Waals surface area (Å²) in [6.07, 6.45) is 2.48. The van der Waals surface area contributed by atoms with Crippen LogP contribution in [0.3, 0.4) is 0 Å². The second-order valence-electron chi connectivity index (χ2n) is 7.65. The monoisotopic (exact) mass is 394 g/mol. The third-order valence-corrected chi connectivity index (χ3v) is 5.57. The number of benzene rings is 1. The van der Waals surface area contributed by atoms with Gasteiger partial charge in [0.25, 0.3) is 0 Å². The molecule has 1 saturated carbocycles. The minimum absolute atomic E-state index is 0.00594. The number of piperazine rings is 1. The van der Waals surface area contributed by atoms with Gasteiger partial charge >= 0.3 is 0 Å². The van der Waals surface area contributed by atoms with Crippen LogP contribution in [0.2, 0.25) is 0 Å². The van der Waals surface area contributed by atoms with Crippen molar-refractivity contribution in [1.82, 2.24) is 14.9 Å². The SMILES string of the molecule is Cc1nc(Oc2ccccc2)cc(N2CCN(C(=O)C3CCC(=O)CC3)CC2)n1. The topological polar surface area (TPSA) is 75.6 Å². The molecule has 1 amide bonds. The van der Waals surface area contributed by atoms with Crippen molar-refractivity contribution < 1.29 is 14.3 Å². The number of carbonyl (C=O) groups is 2. The molecule has 0 spiro atoms. The predicted octanol–water partition coefficient (Wildman–Crippen LogP) is 2.99. The van der Waals surface area contributed by atoms with Gasteiger partial charge in [-0.1, -0.05) is 18.2 Å². The molecule has 2 fully saturated rings. The van der Waals surface area contributed by atoms with Gasteiger partial charge in [-0.3, -0.25) is 9.59 Å². The van der Waals surface area contributed by atoms with Gasteiger partial charge in [-0.2, -0.15) is 4.98 Å². The van der Waals surface area contributed by atoms with E-state index in [1.165, 1.54) is 0 Å². The molecule has 1 aliphatic carbocycles. The fourth-order valence-electron chi connectivity index (χ4n) is 3.95. The molecule has 7 nitrogen and oxygen atoms in total. The van der Waals surface area contributed by atoms with Gasteiger partial charge in [-0.25, -0.2) is 4.98 Å². The van der Waals surface area contributed by atoms with E-state index in [1.54, 1.807) is 0 Å². The summed E-state index contributed by atoms with van der Waals surface area (Å²) in [4.78, 5) is 37.2. The highest BCUT2D eigenvalue weighted by Crippen LogP contribution is 2.26. The van der Waals surface area contributed by atoms with Gasteiger partial charge in [0.1, 0.15) is 23.2 Å². The van der Waals surface area contributed by atoms with Crippen LogP contribution in [0.4, 0.5) is 5.82 Å². The Kier molecular flexibility index (Phi) is 5.74. The van der Waals surface area contributed by atoms with Crippen molar-refractivity contribution in [1.29, 1.82) is 0 Å². The first kappa shape index (κ1) is 19.4. The Morgan fingerprint density at radius 1 is 1.03 bits per heavy atom. The zero-order valence-corrected chi connectivity index (χ0v) is 16.7. The number of ketones is 1.